The van der Waals surface area contributed by atoms with Crippen molar-refractivity contribution in [3.8, 4) is 5.75 Å². The third kappa shape index (κ3) is 13.1. The summed E-state index contributed by atoms with van der Waals surface area (Å²) >= 11 is 0. The maximum absolute atomic E-state index is 13.1. The van der Waals surface area contributed by atoms with Crippen LogP contribution in [0.4, 0.5) is 4.79 Å². The van der Waals surface area contributed by atoms with Gasteiger partial charge in [0.25, 0.3) is 0 Å². The van der Waals surface area contributed by atoms with E-state index in [1.807, 2.05) is 30.3 Å². The SMILES string of the molecule is CC(C)(C)OC(=O)N[C@@H](Cc1ccc(OCc2ccccc2)cc1)C(=O)NCC(=O)NCC(=O)N[C@@H](Cc1ccccc1)C(=O)O. The van der Waals surface area contributed by atoms with Crippen LogP contribution in [0.3, 0.4) is 0 Å². The molecule has 4 amide bonds. The van der Waals surface area contributed by atoms with E-state index in [9.17, 15) is 29.1 Å². The molecule has 0 saturated heterocycles. The number of carboxylic acids is 1. The molecule has 244 valence electrons. The summed E-state index contributed by atoms with van der Waals surface area (Å²) in [6.07, 6.45) is -0.645. The molecular formula is C34H40N4O8. The quantitative estimate of drug-likeness (QED) is 0.170. The minimum absolute atomic E-state index is 0.0708. The van der Waals surface area contributed by atoms with Gasteiger partial charge in [-0.05, 0) is 49.6 Å². The fourth-order valence-corrected chi connectivity index (χ4v) is 4.18. The Morgan fingerprint density at radius 2 is 1.22 bits per heavy atom. The molecule has 0 bridgehead atoms. The number of nitrogens with one attached hydrogen (secondary N) is 4. The van der Waals surface area contributed by atoms with Crippen LogP contribution in [0, 0.1) is 0 Å². The highest BCUT2D eigenvalue weighted by atomic mass is 16.6. The van der Waals surface area contributed by atoms with E-state index in [0.29, 0.717) is 17.9 Å². The third-order valence-corrected chi connectivity index (χ3v) is 6.40. The monoisotopic (exact) mass is 632 g/mol. The molecule has 3 rings (SSSR count). The summed E-state index contributed by atoms with van der Waals surface area (Å²) in [5.74, 6) is -2.63. The van der Waals surface area contributed by atoms with Crippen molar-refractivity contribution in [3.63, 3.8) is 0 Å². The zero-order chi connectivity index (χ0) is 33.5. The summed E-state index contributed by atoms with van der Waals surface area (Å²) in [5.41, 5.74) is 1.66. The molecule has 0 saturated carbocycles. The zero-order valence-electron chi connectivity index (χ0n) is 26.1. The van der Waals surface area contributed by atoms with Crippen LogP contribution in [0.25, 0.3) is 0 Å². The first-order valence-electron chi connectivity index (χ1n) is 14.7. The van der Waals surface area contributed by atoms with Crippen molar-refractivity contribution >= 4 is 29.8 Å². The molecule has 3 aromatic carbocycles. The van der Waals surface area contributed by atoms with Crippen molar-refractivity contribution in [2.45, 2.75) is 57.9 Å². The van der Waals surface area contributed by atoms with E-state index in [2.05, 4.69) is 21.3 Å². The number of carbonyl (C=O) groups excluding carboxylic acids is 4. The molecule has 0 aliphatic rings. The first-order valence-corrected chi connectivity index (χ1v) is 14.7. The molecule has 2 atom stereocenters. The smallest absolute Gasteiger partial charge is 0.408 e. The highest BCUT2D eigenvalue weighted by Gasteiger charge is 2.25. The molecule has 0 aliphatic carbocycles. The first-order chi connectivity index (χ1) is 21.9. The fourth-order valence-electron chi connectivity index (χ4n) is 4.18. The number of ether oxygens (including phenoxy) is 2. The van der Waals surface area contributed by atoms with Gasteiger partial charge in [0.05, 0.1) is 13.1 Å². The molecule has 0 unspecified atom stereocenters. The normalized spacial score (nSPS) is 12.2. The van der Waals surface area contributed by atoms with Crippen LogP contribution in [0.15, 0.2) is 84.9 Å². The minimum atomic E-state index is -1.21. The average molecular weight is 633 g/mol. The van der Waals surface area contributed by atoms with Gasteiger partial charge in [0.1, 0.15) is 30.0 Å². The van der Waals surface area contributed by atoms with Gasteiger partial charge in [-0.3, -0.25) is 14.4 Å². The van der Waals surface area contributed by atoms with Gasteiger partial charge in [0.2, 0.25) is 17.7 Å². The largest absolute Gasteiger partial charge is 0.489 e. The Balaban J connectivity index is 1.53. The van der Waals surface area contributed by atoms with Gasteiger partial charge in [-0.25, -0.2) is 9.59 Å². The van der Waals surface area contributed by atoms with Gasteiger partial charge in [0, 0.05) is 12.8 Å². The number of carboxylic acid groups (broad SMARTS) is 1. The number of amides is 4. The van der Waals surface area contributed by atoms with E-state index in [0.717, 1.165) is 11.1 Å². The van der Waals surface area contributed by atoms with Gasteiger partial charge in [-0.1, -0.05) is 72.8 Å². The minimum Gasteiger partial charge on any atom is -0.489 e. The molecule has 12 heteroatoms. The third-order valence-electron chi connectivity index (χ3n) is 6.40. The van der Waals surface area contributed by atoms with Crippen LogP contribution >= 0.6 is 0 Å². The summed E-state index contributed by atoms with van der Waals surface area (Å²) < 4.78 is 11.1. The fraction of sp³-hybridized carbons (Fsp3) is 0.324. The predicted molar refractivity (Wildman–Crippen MR) is 170 cm³/mol. The Hall–Kier alpha value is -5.39. The molecule has 3 aromatic rings. The summed E-state index contributed by atoms with van der Waals surface area (Å²) in [4.78, 5) is 61.9. The average Bonchev–Trinajstić information content (AvgIpc) is 3.01. The molecule has 0 heterocycles. The molecule has 0 fully saturated rings. The molecule has 0 aromatic heterocycles. The predicted octanol–water partition coefficient (Wildman–Crippen LogP) is 2.75. The summed E-state index contributed by atoms with van der Waals surface area (Å²) in [7, 11) is 0. The van der Waals surface area contributed by atoms with Crippen LogP contribution in [-0.2, 0) is 43.4 Å². The molecule has 0 radical (unpaired) electrons. The molecule has 0 spiro atoms. The van der Waals surface area contributed by atoms with E-state index < -0.39 is 60.6 Å². The van der Waals surface area contributed by atoms with E-state index in [1.54, 1.807) is 75.4 Å². The van der Waals surface area contributed by atoms with Crippen LogP contribution < -0.4 is 26.0 Å². The van der Waals surface area contributed by atoms with Crippen molar-refractivity contribution in [3.05, 3.63) is 102 Å². The highest BCUT2D eigenvalue weighted by molar-refractivity contribution is 5.91. The lowest BCUT2D eigenvalue weighted by molar-refractivity contribution is -0.141. The molecule has 46 heavy (non-hydrogen) atoms. The summed E-state index contributed by atoms with van der Waals surface area (Å²) in [5, 5.41) is 19.2. The second kappa shape index (κ2) is 17.2. The van der Waals surface area contributed by atoms with E-state index >= 15 is 0 Å². The Kier molecular flexibility index (Phi) is 13.1. The van der Waals surface area contributed by atoms with Gasteiger partial charge >= 0.3 is 12.1 Å². The van der Waals surface area contributed by atoms with E-state index in [4.69, 9.17) is 9.47 Å². The summed E-state index contributed by atoms with van der Waals surface area (Å²) in [6.45, 7) is 4.48. The number of carbonyl (C=O) groups is 5. The van der Waals surface area contributed by atoms with Gasteiger partial charge in [-0.15, -0.1) is 0 Å². The molecule has 0 aliphatic heterocycles. The van der Waals surface area contributed by atoms with Crippen LogP contribution in [0.2, 0.25) is 0 Å². The number of alkyl carbamates (subject to hydrolysis) is 1. The van der Waals surface area contributed by atoms with Crippen molar-refractivity contribution in [2.24, 2.45) is 0 Å². The molecule has 5 N–H and O–H groups in total. The van der Waals surface area contributed by atoms with Gasteiger partial charge in [0.15, 0.2) is 0 Å². The van der Waals surface area contributed by atoms with Crippen LogP contribution in [0.1, 0.15) is 37.5 Å². The highest BCUT2D eigenvalue weighted by Crippen LogP contribution is 2.16. The van der Waals surface area contributed by atoms with Gasteiger partial charge in [-0.2, -0.15) is 0 Å². The van der Waals surface area contributed by atoms with Crippen molar-refractivity contribution in [2.75, 3.05) is 13.1 Å². The van der Waals surface area contributed by atoms with Crippen LogP contribution in [0.5, 0.6) is 5.75 Å². The molecular weight excluding hydrogens is 592 g/mol. The number of aliphatic carboxylic acids is 1. The zero-order valence-corrected chi connectivity index (χ0v) is 26.1. The molecule has 12 nitrogen and oxygen atoms in total. The Bertz CT molecular complexity index is 1460. The number of hydrogen-bond donors (Lipinski definition) is 5. The van der Waals surface area contributed by atoms with E-state index in [1.165, 1.54) is 0 Å². The first kappa shape index (κ1) is 35.1. The van der Waals surface area contributed by atoms with E-state index in [-0.39, 0.29) is 12.8 Å². The maximum atomic E-state index is 13.1. The van der Waals surface area contributed by atoms with Crippen LogP contribution in [-0.4, -0.2) is 65.7 Å². The van der Waals surface area contributed by atoms with Crippen molar-refractivity contribution in [1.29, 1.82) is 0 Å². The Labute approximate surface area is 267 Å². The second-order valence-electron chi connectivity index (χ2n) is 11.5. The lowest BCUT2D eigenvalue weighted by atomic mass is 10.1. The number of hydrogen-bond acceptors (Lipinski definition) is 7. The lowest BCUT2D eigenvalue weighted by Crippen LogP contribution is -2.52. The maximum Gasteiger partial charge on any atom is 0.408 e. The second-order valence-corrected chi connectivity index (χ2v) is 11.5. The van der Waals surface area contributed by atoms with Crippen molar-refractivity contribution < 1.29 is 38.6 Å². The summed E-state index contributed by atoms with van der Waals surface area (Å²) in [6, 6.07) is 23.3. The van der Waals surface area contributed by atoms with Crippen molar-refractivity contribution in [1.82, 2.24) is 21.3 Å². The topological polar surface area (TPSA) is 172 Å². The standard InChI is InChI=1S/C34H40N4O8/c1-34(2,3)46-33(44)38-27(18-24-14-16-26(17-15-24)45-22-25-12-8-5-9-13-25)31(41)36-20-29(39)35-21-30(40)37-28(32(42)43)19-23-10-6-4-7-11-23/h4-17,27-28H,18-22H2,1-3H3,(H,35,39)(H,36,41)(H,37,40)(H,38,44)(H,42,43)/t27-,28-/m0/s1. The number of benzene rings is 3. The lowest BCUT2D eigenvalue weighted by Gasteiger charge is -2.23. The van der Waals surface area contributed by atoms with Gasteiger partial charge < -0.3 is 35.8 Å². The number of rotatable bonds is 15. The Morgan fingerprint density at radius 3 is 1.80 bits per heavy atom. The Morgan fingerprint density at radius 1 is 0.674 bits per heavy atom.